The van der Waals surface area contributed by atoms with E-state index < -0.39 is 0 Å². The third-order valence-electron chi connectivity index (χ3n) is 4.99. The number of rotatable bonds is 4. The van der Waals surface area contributed by atoms with Crippen LogP contribution < -0.4 is 0 Å². The number of benzene rings is 1. The first-order chi connectivity index (χ1) is 11.2. The summed E-state index contributed by atoms with van der Waals surface area (Å²) in [7, 11) is 0. The molecule has 1 fully saturated rings. The van der Waals surface area contributed by atoms with E-state index in [0.29, 0.717) is 18.8 Å². The molecular formula is C18H22N2O3. The number of aliphatic hydroxyl groups is 1. The van der Waals surface area contributed by atoms with Crippen LogP contribution in [0.3, 0.4) is 0 Å². The second kappa shape index (κ2) is 6.54. The number of hydrogen-bond donors (Lipinski definition) is 1. The monoisotopic (exact) mass is 314 g/mol. The highest BCUT2D eigenvalue weighted by Gasteiger charge is 2.35. The second-order valence-corrected chi connectivity index (χ2v) is 6.25. The molecule has 1 aromatic heterocycles. The van der Waals surface area contributed by atoms with Crippen molar-refractivity contribution in [3.8, 4) is 11.3 Å². The van der Waals surface area contributed by atoms with Crippen molar-refractivity contribution < 1.29 is 14.4 Å². The van der Waals surface area contributed by atoms with Gasteiger partial charge in [0.25, 0.3) is 5.91 Å². The lowest BCUT2D eigenvalue weighted by Gasteiger charge is -2.39. The Bertz CT molecular complexity index is 652. The summed E-state index contributed by atoms with van der Waals surface area (Å²) in [4.78, 5) is 14.4. The highest BCUT2D eigenvalue weighted by atomic mass is 16.5. The van der Waals surface area contributed by atoms with Crippen LogP contribution in [0.5, 0.6) is 0 Å². The van der Waals surface area contributed by atoms with Crippen molar-refractivity contribution in [2.24, 2.45) is 5.41 Å². The largest absolute Gasteiger partial charge is 0.396 e. The van der Waals surface area contributed by atoms with E-state index in [4.69, 9.17) is 4.52 Å². The summed E-state index contributed by atoms with van der Waals surface area (Å²) >= 11 is 0. The summed E-state index contributed by atoms with van der Waals surface area (Å²) in [6, 6.07) is 11.4. The quantitative estimate of drug-likeness (QED) is 0.942. The molecule has 1 amide bonds. The normalized spacial score (nSPS) is 17.2. The van der Waals surface area contributed by atoms with E-state index in [1.165, 1.54) is 0 Å². The molecule has 0 saturated carbocycles. The molecule has 122 valence electrons. The van der Waals surface area contributed by atoms with Crippen LogP contribution in [0.1, 0.15) is 36.7 Å². The number of amides is 1. The fourth-order valence-electron chi connectivity index (χ4n) is 3.08. The summed E-state index contributed by atoms with van der Waals surface area (Å²) in [6.45, 7) is 3.57. The number of nitrogens with zero attached hydrogens (tertiary/aromatic N) is 2. The maximum absolute atomic E-state index is 12.6. The Balaban J connectivity index is 1.69. The molecule has 5 nitrogen and oxygen atoms in total. The van der Waals surface area contributed by atoms with Gasteiger partial charge in [0, 0.05) is 31.3 Å². The van der Waals surface area contributed by atoms with Gasteiger partial charge in [0.05, 0.1) is 0 Å². The first-order valence-electron chi connectivity index (χ1n) is 8.10. The lowest BCUT2D eigenvalue weighted by atomic mass is 9.77. The van der Waals surface area contributed by atoms with Gasteiger partial charge in [0.15, 0.2) is 0 Å². The Kier molecular flexibility index (Phi) is 4.48. The molecule has 0 atom stereocenters. The van der Waals surface area contributed by atoms with E-state index in [9.17, 15) is 9.90 Å². The fraction of sp³-hybridized carbons (Fsp3) is 0.444. The predicted molar refractivity (Wildman–Crippen MR) is 86.9 cm³/mol. The van der Waals surface area contributed by atoms with Crippen LogP contribution in [-0.4, -0.2) is 40.8 Å². The molecule has 3 rings (SSSR count). The molecule has 0 unspecified atom stereocenters. The van der Waals surface area contributed by atoms with Crippen molar-refractivity contribution in [1.82, 2.24) is 10.1 Å². The van der Waals surface area contributed by atoms with Crippen molar-refractivity contribution in [2.45, 2.75) is 26.2 Å². The van der Waals surface area contributed by atoms with E-state index in [-0.39, 0.29) is 23.7 Å². The number of piperidine rings is 1. The fourth-order valence-corrected chi connectivity index (χ4v) is 3.08. The van der Waals surface area contributed by atoms with E-state index in [1.807, 2.05) is 30.3 Å². The zero-order valence-corrected chi connectivity index (χ0v) is 13.4. The van der Waals surface area contributed by atoms with E-state index in [2.05, 4.69) is 12.1 Å². The summed E-state index contributed by atoms with van der Waals surface area (Å²) < 4.78 is 5.25. The number of carbonyl (C=O) groups excluding carboxylic acids is 1. The average Bonchev–Trinajstić information content (AvgIpc) is 3.12. The Morgan fingerprint density at radius 1 is 1.30 bits per heavy atom. The van der Waals surface area contributed by atoms with Crippen LogP contribution in [0.15, 0.2) is 40.9 Å². The van der Waals surface area contributed by atoms with Crippen LogP contribution in [0, 0.1) is 5.41 Å². The summed E-state index contributed by atoms with van der Waals surface area (Å²) in [6.07, 6.45) is 2.59. The average molecular weight is 314 g/mol. The molecule has 1 aromatic carbocycles. The van der Waals surface area contributed by atoms with Gasteiger partial charge in [-0.15, -0.1) is 0 Å². The minimum absolute atomic E-state index is 0.0343. The molecule has 1 aliphatic heterocycles. The smallest absolute Gasteiger partial charge is 0.292 e. The molecule has 2 aromatic rings. The van der Waals surface area contributed by atoms with Crippen molar-refractivity contribution >= 4 is 5.91 Å². The Morgan fingerprint density at radius 3 is 2.61 bits per heavy atom. The SMILES string of the molecule is CCC1(CO)CCN(C(=O)c2cc(-c3ccccc3)no2)CC1. The van der Waals surface area contributed by atoms with Crippen molar-refractivity contribution in [3.63, 3.8) is 0 Å². The first kappa shape index (κ1) is 15.7. The van der Waals surface area contributed by atoms with E-state index >= 15 is 0 Å². The van der Waals surface area contributed by atoms with Gasteiger partial charge in [-0.3, -0.25) is 4.79 Å². The minimum Gasteiger partial charge on any atom is -0.396 e. The molecule has 0 aliphatic carbocycles. The van der Waals surface area contributed by atoms with E-state index in [1.54, 1.807) is 11.0 Å². The molecule has 0 bridgehead atoms. The number of carbonyl (C=O) groups is 1. The van der Waals surface area contributed by atoms with Crippen LogP contribution in [0.2, 0.25) is 0 Å². The zero-order chi connectivity index (χ0) is 16.3. The number of aliphatic hydroxyl groups excluding tert-OH is 1. The van der Waals surface area contributed by atoms with Gasteiger partial charge in [-0.1, -0.05) is 42.4 Å². The number of hydrogen-bond acceptors (Lipinski definition) is 4. The van der Waals surface area contributed by atoms with Crippen LogP contribution in [0.4, 0.5) is 0 Å². The second-order valence-electron chi connectivity index (χ2n) is 6.25. The molecule has 1 N–H and O–H groups in total. The van der Waals surface area contributed by atoms with Crippen molar-refractivity contribution in [2.75, 3.05) is 19.7 Å². The molecule has 5 heteroatoms. The zero-order valence-electron chi connectivity index (χ0n) is 13.4. The van der Waals surface area contributed by atoms with Crippen LogP contribution in [0.25, 0.3) is 11.3 Å². The minimum atomic E-state index is -0.123. The molecule has 0 radical (unpaired) electrons. The first-order valence-corrected chi connectivity index (χ1v) is 8.10. The van der Waals surface area contributed by atoms with Crippen LogP contribution in [-0.2, 0) is 0 Å². The Morgan fingerprint density at radius 2 is 2.00 bits per heavy atom. The van der Waals surface area contributed by atoms with Crippen molar-refractivity contribution in [3.05, 3.63) is 42.2 Å². The maximum atomic E-state index is 12.6. The summed E-state index contributed by atoms with van der Waals surface area (Å²) in [5.74, 6) is 0.152. The molecule has 23 heavy (non-hydrogen) atoms. The van der Waals surface area contributed by atoms with Gasteiger partial charge in [-0.05, 0) is 24.7 Å². The van der Waals surface area contributed by atoms with Gasteiger partial charge < -0.3 is 14.5 Å². The lowest BCUT2D eigenvalue weighted by Crippen LogP contribution is -2.44. The lowest BCUT2D eigenvalue weighted by molar-refractivity contribution is 0.0315. The standard InChI is InChI=1S/C18H22N2O3/c1-2-18(13-21)8-10-20(11-9-18)17(22)16-12-15(19-23-16)14-6-4-3-5-7-14/h3-7,12,21H,2,8-11,13H2,1H3. The van der Waals surface area contributed by atoms with Crippen LogP contribution >= 0.6 is 0 Å². The predicted octanol–water partition coefficient (Wildman–Crippen LogP) is 2.97. The number of aromatic nitrogens is 1. The summed E-state index contributed by atoms with van der Waals surface area (Å²) in [5, 5.41) is 13.6. The molecule has 2 heterocycles. The number of likely N-dealkylation sites (tertiary alicyclic amines) is 1. The van der Waals surface area contributed by atoms with Gasteiger partial charge >= 0.3 is 0 Å². The molecule has 0 spiro atoms. The Labute approximate surface area is 135 Å². The molecule has 1 saturated heterocycles. The molecular weight excluding hydrogens is 292 g/mol. The maximum Gasteiger partial charge on any atom is 0.292 e. The van der Waals surface area contributed by atoms with Gasteiger partial charge in [-0.25, -0.2) is 0 Å². The van der Waals surface area contributed by atoms with Crippen molar-refractivity contribution in [1.29, 1.82) is 0 Å². The topological polar surface area (TPSA) is 66.6 Å². The highest BCUT2D eigenvalue weighted by molar-refractivity contribution is 5.92. The van der Waals surface area contributed by atoms with Gasteiger partial charge in [0.2, 0.25) is 5.76 Å². The van der Waals surface area contributed by atoms with E-state index in [0.717, 1.165) is 24.8 Å². The third-order valence-corrected chi connectivity index (χ3v) is 4.99. The summed E-state index contributed by atoms with van der Waals surface area (Å²) in [5.41, 5.74) is 1.57. The molecule has 1 aliphatic rings. The Hall–Kier alpha value is -2.14. The third kappa shape index (κ3) is 3.15. The van der Waals surface area contributed by atoms with Gasteiger partial charge in [0.1, 0.15) is 5.69 Å². The highest BCUT2D eigenvalue weighted by Crippen LogP contribution is 2.34. The van der Waals surface area contributed by atoms with Gasteiger partial charge in [-0.2, -0.15) is 0 Å².